The van der Waals surface area contributed by atoms with Crippen LogP contribution >= 0.6 is 0 Å². The summed E-state index contributed by atoms with van der Waals surface area (Å²) in [5.74, 6) is -1.79. The fraction of sp³-hybridized carbons (Fsp3) is 0.556. The number of rotatable bonds is 2. The van der Waals surface area contributed by atoms with Gasteiger partial charge in [0.1, 0.15) is 6.29 Å². The maximum Gasteiger partial charge on any atom is 0.307 e. The van der Waals surface area contributed by atoms with Crippen LogP contribution in [0.3, 0.4) is 0 Å². The number of carboxylic acid groups (broad SMARTS) is 1. The Labute approximate surface area is 71.1 Å². The fourth-order valence-corrected chi connectivity index (χ4v) is 1.65. The van der Waals surface area contributed by atoms with Gasteiger partial charge in [-0.2, -0.15) is 0 Å². The minimum absolute atomic E-state index is 0.0357. The third kappa shape index (κ3) is 1.55. The number of carbonyl (C=O) groups excluding carboxylic acids is 1. The third-order valence-electron chi connectivity index (χ3n) is 2.34. The molecule has 1 N–H and O–H groups in total. The molecule has 3 atom stereocenters. The Morgan fingerprint density at radius 2 is 2.33 bits per heavy atom. The average molecular weight is 168 g/mol. The average Bonchev–Trinajstić information content (AvgIpc) is 2.03. The lowest BCUT2D eigenvalue weighted by Gasteiger charge is -2.25. The molecule has 0 heterocycles. The number of carbonyl (C=O) groups is 2. The van der Waals surface area contributed by atoms with Gasteiger partial charge in [0, 0.05) is 5.92 Å². The van der Waals surface area contributed by atoms with Gasteiger partial charge in [-0.3, -0.25) is 4.79 Å². The Hall–Kier alpha value is -1.12. The van der Waals surface area contributed by atoms with Crippen LogP contribution in [-0.4, -0.2) is 17.4 Å². The van der Waals surface area contributed by atoms with Gasteiger partial charge in [-0.05, 0) is 12.3 Å². The van der Waals surface area contributed by atoms with Crippen LogP contribution < -0.4 is 0 Å². The first-order valence-electron chi connectivity index (χ1n) is 4.01. The number of carboxylic acids is 1. The smallest absolute Gasteiger partial charge is 0.307 e. The summed E-state index contributed by atoms with van der Waals surface area (Å²) in [6.45, 7) is 1.82. The normalized spacial score (nSPS) is 34.6. The van der Waals surface area contributed by atoms with Crippen molar-refractivity contribution in [1.29, 1.82) is 0 Å². The van der Waals surface area contributed by atoms with E-state index in [1.165, 1.54) is 0 Å². The predicted molar refractivity (Wildman–Crippen MR) is 43.6 cm³/mol. The van der Waals surface area contributed by atoms with Gasteiger partial charge in [-0.25, -0.2) is 0 Å². The number of hydrogen-bond acceptors (Lipinski definition) is 2. The molecule has 12 heavy (non-hydrogen) atoms. The van der Waals surface area contributed by atoms with Crippen molar-refractivity contribution in [2.45, 2.75) is 13.3 Å². The van der Waals surface area contributed by atoms with Gasteiger partial charge in [0.25, 0.3) is 0 Å². The molecule has 0 aromatic carbocycles. The number of hydrogen-bond donors (Lipinski definition) is 1. The van der Waals surface area contributed by atoms with Crippen LogP contribution in [0.4, 0.5) is 0 Å². The summed E-state index contributed by atoms with van der Waals surface area (Å²) in [6.07, 6.45) is 5.05. The second-order valence-electron chi connectivity index (χ2n) is 3.19. The van der Waals surface area contributed by atoms with Crippen molar-refractivity contribution < 1.29 is 14.7 Å². The largest absolute Gasteiger partial charge is 0.481 e. The van der Waals surface area contributed by atoms with Crippen LogP contribution in [0, 0.1) is 17.8 Å². The van der Waals surface area contributed by atoms with Crippen LogP contribution in [0.25, 0.3) is 0 Å². The van der Waals surface area contributed by atoms with E-state index >= 15 is 0 Å². The molecule has 1 aliphatic carbocycles. The van der Waals surface area contributed by atoms with E-state index in [1.54, 1.807) is 0 Å². The second-order valence-corrected chi connectivity index (χ2v) is 3.19. The van der Waals surface area contributed by atoms with Crippen molar-refractivity contribution in [3.63, 3.8) is 0 Å². The van der Waals surface area contributed by atoms with Gasteiger partial charge in [0.15, 0.2) is 0 Å². The van der Waals surface area contributed by atoms with E-state index in [1.807, 2.05) is 19.1 Å². The fourth-order valence-electron chi connectivity index (χ4n) is 1.65. The summed E-state index contributed by atoms with van der Waals surface area (Å²) in [6, 6.07) is 0. The van der Waals surface area contributed by atoms with Gasteiger partial charge in [0.05, 0.1) is 5.92 Å². The van der Waals surface area contributed by atoms with Crippen molar-refractivity contribution in [3.05, 3.63) is 12.2 Å². The molecule has 1 rings (SSSR count). The van der Waals surface area contributed by atoms with E-state index in [2.05, 4.69) is 0 Å². The Morgan fingerprint density at radius 1 is 1.67 bits per heavy atom. The van der Waals surface area contributed by atoms with Crippen molar-refractivity contribution in [2.24, 2.45) is 17.8 Å². The first-order chi connectivity index (χ1) is 5.66. The molecule has 0 fully saturated rings. The van der Waals surface area contributed by atoms with E-state index in [4.69, 9.17) is 5.11 Å². The summed E-state index contributed by atoms with van der Waals surface area (Å²) in [4.78, 5) is 21.3. The molecular formula is C9H12O3. The minimum Gasteiger partial charge on any atom is -0.481 e. The SMILES string of the molecule is CC1C=CCC(C=O)C1C(=O)O. The molecule has 3 nitrogen and oxygen atoms in total. The molecule has 0 amide bonds. The highest BCUT2D eigenvalue weighted by atomic mass is 16.4. The van der Waals surface area contributed by atoms with Crippen molar-refractivity contribution in [2.75, 3.05) is 0 Å². The zero-order valence-corrected chi connectivity index (χ0v) is 6.93. The summed E-state index contributed by atoms with van der Waals surface area (Å²) in [7, 11) is 0. The van der Waals surface area contributed by atoms with Crippen molar-refractivity contribution in [1.82, 2.24) is 0 Å². The number of allylic oxidation sites excluding steroid dienone is 2. The Morgan fingerprint density at radius 3 is 2.75 bits per heavy atom. The Balaban J connectivity index is 2.83. The lowest BCUT2D eigenvalue weighted by Crippen LogP contribution is -2.31. The highest BCUT2D eigenvalue weighted by Crippen LogP contribution is 2.28. The molecule has 0 aliphatic heterocycles. The summed E-state index contributed by atoms with van der Waals surface area (Å²) < 4.78 is 0. The lowest BCUT2D eigenvalue weighted by atomic mass is 9.77. The van der Waals surface area contributed by atoms with Crippen LogP contribution in [0.2, 0.25) is 0 Å². The van der Waals surface area contributed by atoms with Crippen LogP contribution in [-0.2, 0) is 9.59 Å². The quantitative estimate of drug-likeness (QED) is 0.496. The van der Waals surface area contributed by atoms with E-state index < -0.39 is 11.9 Å². The first kappa shape index (κ1) is 8.97. The molecule has 0 saturated carbocycles. The van der Waals surface area contributed by atoms with Crippen molar-refractivity contribution >= 4 is 12.3 Å². The zero-order chi connectivity index (χ0) is 9.14. The van der Waals surface area contributed by atoms with Crippen LogP contribution in [0.1, 0.15) is 13.3 Å². The second kappa shape index (κ2) is 3.52. The summed E-state index contributed by atoms with van der Waals surface area (Å²) >= 11 is 0. The molecule has 0 aromatic heterocycles. The molecular weight excluding hydrogens is 156 g/mol. The summed E-state index contributed by atoms with van der Waals surface area (Å²) in [5, 5.41) is 8.82. The standard InChI is InChI=1S/C9H12O3/c1-6-3-2-4-7(5-10)8(6)9(11)12/h2-3,5-8H,4H2,1H3,(H,11,12). The maximum atomic E-state index is 10.7. The lowest BCUT2D eigenvalue weighted by molar-refractivity contribution is -0.146. The van der Waals surface area contributed by atoms with Crippen molar-refractivity contribution in [3.8, 4) is 0 Å². The van der Waals surface area contributed by atoms with Gasteiger partial charge in [-0.15, -0.1) is 0 Å². The number of aldehydes is 1. The predicted octanol–water partition coefficient (Wildman–Crippen LogP) is 1.10. The molecule has 66 valence electrons. The van der Waals surface area contributed by atoms with E-state index in [9.17, 15) is 9.59 Å². The van der Waals surface area contributed by atoms with E-state index in [0.717, 1.165) is 6.29 Å². The van der Waals surface area contributed by atoms with E-state index in [-0.39, 0.29) is 11.8 Å². The van der Waals surface area contributed by atoms with Gasteiger partial charge >= 0.3 is 5.97 Å². The maximum absolute atomic E-state index is 10.7. The molecule has 3 unspecified atom stereocenters. The van der Waals surface area contributed by atoms with Gasteiger partial charge < -0.3 is 9.90 Å². The molecule has 0 aromatic rings. The van der Waals surface area contributed by atoms with Crippen LogP contribution in [0.5, 0.6) is 0 Å². The summed E-state index contributed by atoms with van der Waals surface area (Å²) in [5.41, 5.74) is 0. The highest BCUT2D eigenvalue weighted by molar-refractivity contribution is 5.76. The van der Waals surface area contributed by atoms with Gasteiger partial charge in [-0.1, -0.05) is 19.1 Å². The molecule has 0 bridgehead atoms. The van der Waals surface area contributed by atoms with Gasteiger partial charge in [0.2, 0.25) is 0 Å². The molecule has 0 spiro atoms. The first-order valence-corrected chi connectivity index (χ1v) is 4.01. The minimum atomic E-state index is -0.871. The number of aliphatic carboxylic acids is 1. The topological polar surface area (TPSA) is 54.4 Å². The third-order valence-corrected chi connectivity index (χ3v) is 2.34. The van der Waals surface area contributed by atoms with E-state index in [0.29, 0.717) is 6.42 Å². The molecule has 0 radical (unpaired) electrons. The molecule has 1 aliphatic rings. The molecule has 3 heteroatoms. The Kier molecular flexibility index (Phi) is 2.63. The molecule has 0 saturated heterocycles. The monoisotopic (exact) mass is 168 g/mol. The zero-order valence-electron chi connectivity index (χ0n) is 6.93. The highest BCUT2D eigenvalue weighted by Gasteiger charge is 2.33. The van der Waals surface area contributed by atoms with Crippen LogP contribution in [0.15, 0.2) is 12.2 Å². The Bertz CT molecular complexity index is 220.